The van der Waals surface area contributed by atoms with Crippen LogP contribution in [0.25, 0.3) is 0 Å². The minimum atomic E-state index is -1.23. The van der Waals surface area contributed by atoms with Gasteiger partial charge in [-0.25, -0.2) is 0 Å². The lowest BCUT2D eigenvalue weighted by atomic mass is 10.0. The van der Waals surface area contributed by atoms with Crippen LogP contribution in [-0.4, -0.2) is 124 Å². The fourth-order valence-corrected chi connectivity index (χ4v) is 3.45. The molecule has 0 aliphatic heterocycles. The molecular formula is C21H30N4O9. The Balaban J connectivity index is 3.12. The number of carbonyl (C=O) groups is 5. The zero-order valence-electron chi connectivity index (χ0n) is 18.6. The Morgan fingerprint density at radius 2 is 1.26 bits per heavy atom. The molecule has 1 unspecified atom stereocenters. The quantitative estimate of drug-likeness (QED) is 0.121. The van der Waals surface area contributed by atoms with E-state index in [2.05, 4.69) is 0 Å². The number of aldehydes is 1. The van der Waals surface area contributed by atoms with Gasteiger partial charge in [0, 0.05) is 31.4 Å². The predicted molar refractivity (Wildman–Crippen MR) is 119 cm³/mol. The number of carboxylic acid groups (broad SMARTS) is 4. The van der Waals surface area contributed by atoms with E-state index in [1.165, 1.54) is 9.80 Å². The molecular weight excluding hydrogens is 452 g/mol. The number of hydrogen-bond donors (Lipinski definition) is 5. The highest BCUT2D eigenvalue weighted by Crippen LogP contribution is 2.13. The van der Waals surface area contributed by atoms with Crippen LogP contribution in [0.2, 0.25) is 0 Å². The number of hydrogen-bond acceptors (Lipinski definition) is 9. The smallest absolute Gasteiger partial charge is 0.317 e. The molecule has 0 aliphatic carbocycles. The van der Waals surface area contributed by atoms with Gasteiger partial charge in [-0.05, 0) is 24.1 Å². The first-order valence-electron chi connectivity index (χ1n) is 10.3. The van der Waals surface area contributed by atoms with Gasteiger partial charge in [0.1, 0.15) is 6.29 Å². The van der Waals surface area contributed by atoms with Crippen molar-refractivity contribution in [1.29, 1.82) is 0 Å². The minimum Gasteiger partial charge on any atom is -0.480 e. The van der Waals surface area contributed by atoms with E-state index in [4.69, 9.17) is 15.9 Å². The van der Waals surface area contributed by atoms with Gasteiger partial charge in [-0.1, -0.05) is 12.1 Å². The second-order valence-corrected chi connectivity index (χ2v) is 7.72. The first-order valence-corrected chi connectivity index (χ1v) is 10.3. The third kappa shape index (κ3) is 11.9. The van der Waals surface area contributed by atoms with Crippen molar-refractivity contribution in [3.8, 4) is 0 Å². The molecule has 0 saturated heterocycles. The second-order valence-electron chi connectivity index (χ2n) is 7.72. The summed E-state index contributed by atoms with van der Waals surface area (Å²) in [5.74, 6) is -4.80. The van der Waals surface area contributed by atoms with Gasteiger partial charge >= 0.3 is 23.9 Å². The van der Waals surface area contributed by atoms with Gasteiger partial charge in [-0.15, -0.1) is 0 Å². The third-order valence-electron chi connectivity index (χ3n) is 4.89. The van der Waals surface area contributed by atoms with E-state index in [1.54, 1.807) is 24.3 Å². The molecule has 34 heavy (non-hydrogen) atoms. The maximum absolute atomic E-state index is 11.4. The van der Waals surface area contributed by atoms with Crippen LogP contribution in [0.15, 0.2) is 24.3 Å². The SMILES string of the molecule is Nc1ccc(CC(CN(CCN(CC(=O)O)CC(=O)O)CC(=O)O)N(CC=O)CC(=O)O)cc1. The Hall–Kier alpha value is -3.55. The Labute approximate surface area is 196 Å². The van der Waals surface area contributed by atoms with Gasteiger partial charge in [0.05, 0.1) is 32.7 Å². The van der Waals surface area contributed by atoms with Crippen molar-refractivity contribution in [1.82, 2.24) is 14.7 Å². The lowest BCUT2D eigenvalue weighted by Crippen LogP contribution is -2.50. The van der Waals surface area contributed by atoms with Gasteiger partial charge in [-0.2, -0.15) is 0 Å². The van der Waals surface area contributed by atoms with E-state index >= 15 is 0 Å². The highest BCUT2D eigenvalue weighted by atomic mass is 16.4. The van der Waals surface area contributed by atoms with Crippen LogP contribution in [0, 0.1) is 0 Å². The number of aliphatic carboxylic acids is 4. The molecule has 0 heterocycles. The van der Waals surface area contributed by atoms with E-state index in [9.17, 15) is 34.2 Å². The molecule has 0 fully saturated rings. The van der Waals surface area contributed by atoms with Gasteiger partial charge in [0.2, 0.25) is 0 Å². The van der Waals surface area contributed by atoms with Crippen LogP contribution in [0.1, 0.15) is 5.56 Å². The molecule has 1 aromatic rings. The van der Waals surface area contributed by atoms with E-state index in [0.717, 1.165) is 10.5 Å². The summed E-state index contributed by atoms with van der Waals surface area (Å²) in [4.78, 5) is 60.1. The molecule has 0 bridgehead atoms. The number of rotatable bonds is 18. The molecule has 0 radical (unpaired) electrons. The molecule has 0 aliphatic rings. The number of nitrogen functional groups attached to an aromatic ring is 1. The van der Waals surface area contributed by atoms with Crippen LogP contribution >= 0.6 is 0 Å². The molecule has 6 N–H and O–H groups in total. The van der Waals surface area contributed by atoms with Crippen molar-refractivity contribution >= 4 is 35.9 Å². The Kier molecular flexibility index (Phi) is 12.2. The Morgan fingerprint density at radius 1 is 0.794 bits per heavy atom. The fourth-order valence-electron chi connectivity index (χ4n) is 3.45. The normalized spacial score (nSPS) is 12.1. The van der Waals surface area contributed by atoms with Crippen LogP contribution < -0.4 is 5.73 Å². The van der Waals surface area contributed by atoms with Crippen molar-refractivity contribution in [2.75, 3.05) is 58.1 Å². The summed E-state index contributed by atoms with van der Waals surface area (Å²) in [6.45, 7) is -2.20. The standard InChI is InChI=1S/C21H30N4O9/c22-16-3-1-15(2-4-16)9-17(25(7-8-26)14-21(33)34)10-23(11-18(27)28)5-6-24(12-19(29)30)13-20(31)32/h1-4,8,17H,5-7,9-14,22H2,(H,27,28)(H,29,30)(H,31,32)(H,33,34). The number of carbonyl (C=O) groups excluding carboxylic acids is 1. The Morgan fingerprint density at radius 3 is 1.74 bits per heavy atom. The maximum atomic E-state index is 11.4. The monoisotopic (exact) mass is 482 g/mol. The predicted octanol–water partition coefficient (Wildman–Crippen LogP) is -1.38. The van der Waals surface area contributed by atoms with Crippen LogP contribution in [0.3, 0.4) is 0 Å². The number of anilines is 1. The largest absolute Gasteiger partial charge is 0.480 e. The molecule has 1 atom stereocenters. The average Bonchev–Trinajstić information content (AvgIpc) is 2.71. The number of benzene rings is 1. The zero-order valence-corrected chi connectivity index (χ0v) is 18.6. The van der Waals surface area contributed by atoms with Crippen molar-refractivity contribution in [2.45, 2.75) is 12.5 Å². The maximum Gasteiger partial charge on any atom is 0.317 e. The van der Waals surface area contributed by atoms with Gasteiger partial charge in [0.25, 0.3) is 0 Å². The second kappa shape index (κ2) is 14.6. The van der Waals surface area contributed by atoms with E-state index in [-0.39, 0.29) is 32.6 Å². The first kappa shape index (κ1) is 28.5. The highest BCUT2D eigenvalue weighted by Gasteiger charge is 2.25. The average molecular weight is 482 g/mol. The Bertz CT molecular complexity index is 831. The van der Waals surface area contributed by atoms with Gasteiger partial charge in [0.15, 0.2) is 0 Å². The molecule has 13 nitrogen and oxygen atoms in total. The fraction of sp³-hybridized carbons (Fsp3) is 0.476. The van der Waals surface area contributed by atoms with Crippen molar-refractivity contribution in [3.05, 3.63) is 29.8 Å². The topological polar surface area (TPSA) is 202 Å². The summed E-state index contributed by atoms with van der Waals surface area (Å²) in [7, 11) is 0. The summed E-state index contributed by atoms with van der Waals surface area (Å²) < 4.78 is 0. The van der Waals surface area contributed by atoms with E-state index in [1.807, 2.05) is 0 Å². The van der Waals surface area contributed by atoms with Crippen molar-refractivity contribution in [3.63, 3.8) is 0 Å². The summed E-state index contributed by atoms with van der Waals surface area (Å²) in [6.07, 6.45) is 0.841. The zero-order chi connectivity index (χ0) is 25.7. The van der Waals surface area contributed by atoms with E-state index < -0.39 is 56.1 Å². The van der Waals surface area contributed by atoms with Gasteiger partial charge in [-0.3, -0.25) is 33.9 Å². The lowest BCUT2D eigenvalue weighted by Gasteiger charge is -2.34. The molecule has 1 rings (SSSR count). The summed E-state index contributed by atoms with van der Waals surface area (Å²) in [6, 6.07) is 6.23. The molecule has 188 valence electrons. The first-order chi connectivity index (χ1) is 16.0. The summed E-state index contributed by atoms with van der Waals surface area (Å²) in [5.41, 5.74) is 7.02. The molecule has 13 heteroatoms. The number of nitrogens with two attached hydrogens (primary N) is 1. The number of carboxylic acids is 4. The minimum absolute atomic E-state index is 0.00704. The van der Waals surface area contributed by atoms with Crippen molar-refractivity contribution in [2.24, 2.45) is 0 Å². The van der Waals surface area contributed by atoms with E-state index in [0.29, 0.717) is 12.0 Å². The number of nitrogens with zero attached hydrogens (tertiary/aromatic N) is 3. The molecule has 0 spiro atoms. The molecule has 0 aromatic heterocycles. The van der Waals surface area contributed by atoms with Crippen LogP contribution in [-0.2, 0) is 30.4 Å². The molecule has 0 saturated carbocycles. The van der Waals surface area contributed by atoms with Crippen LogP contribution in [0.4, 0.5) is 5.69 Å². The molecule has 1 aromatic carbocycles. The van der Waals surface area contributed by atoms with Crippen molar-refractivity contribution < 1.29 is 44.4 Å². The lowest BCUT2D eigenvalue weighted by molar-refractivity contribution is -0.143. The third-order valence-corrected chi connectivity index (χ3v) is 4.89. The molecule has 0 amide bonds. The summed E-state index contributed by atoms with van der Waals surface area (Å²) in [5, 5.41) is 36.6. The highest BCUT2D eigenvalue weighted by molar-refractivity contribution is 5.72. The summed E-state index contributed by atoms with van der Waals surface area (Å²) >= 11 is 0. The van der Waals surface area contributed by atoms with Gasteiger partial charge < -0.3 is 31.0 Å². The van der Waals surface area contributed by atoms with Crippen LogP contribution in [0.5, 0.6) is 0 Å².